The molecular weight excluding hydrogens is 252 g/mol. The average Bonchev–Trinajstić information content (AvgIpc) is 2.49. The van der Waals surface area contributed by atoms with E-state index in [9.17, 15) is 0 Å². The van der Waals surface area contributed by atoms with Gasteiger partial charge in [-0.05, 0) is 19.2 Å². The van der Waals surface area contributed by atoms with E-state index < -0.39 is 0 Å². The Kier molecular flexibility index (Phi) is 9.04. The van der Waals surface area contributed by atoms with Gasteiger partial charge >= 0.3 is 0 Å². The van der Waals surface area contributed by atoms with E-state index in [0.29, 0.717) is 0 Å². The van der Waals surface area contributed by atoms with Gasteiger partial charge in [0.25, 0.3) is 0 Å². The van der Waals surface area contributed by atoms with Gasteiger partial charge < -0.3 is 19.7 Å². The molecule has 4 heteroatoms. The van der Waals surface area contributed by atoms with Gasteiger partial charge in [0.05, 0.1) is 6.61 Å². The van der Waals surface area contributed by atoms with E-state index >= 15 is 0 Å². The number of hydrogen-bond acceptors (Lipinski definition) is 4. The summed E-state index contributed by atoms with van der Waals surface area (Å²) in [5.41, 5.74) is 1.20. The fraction of sp³-hybridized carbons (Fsp3) is 0.625. The number of rotatable bonds is 11. The molecule has 0 amide bonds. The van der Waals surface area contributed by atoms with Gasteiger partial charge in [-0.2, -0.15) is 0 Å². The lowest BCUT2D eigenvalue weighted by atomic mass is 10.2. The van der Waals surface area contributed by atoms with Crippen LogP contribution in [0.2, 0.25) is 0 Å². The maximum atomic E-state index is 5.92. The molecule has 0 bridgehead atoms. The Morgan fingerprint density at radius 3 is 2.55 bits per heavy atom. The van der Waals surface area contributed by atoms with E-state index in [1.54, 1.807) is 7.11 Å². The molecule has 1 aromatic rings. The number of likely N-dealkylation sites (N-methyl/N-ethyl adjacent to an activating group) is 1. The third-order valence-corrected chi connectivity index (χ3v) is 3.33. The first-order chi connectivity index (χ1) is 9.81. The van der Waals surface area contributed by atoms with Gasteiger partial charge in [0.2, 0.25) is 0 Å². The number of benzene rings is 1. The van der Waals surface area contributed by atoms with E-state index in [1.165, 1.54) is 5.56 Å². The van der Waals surface area contributed by atoms with Crippen molar-refractivity contribution in [3.8, 4) is 5.75 Å². The number of nitrogens with zero attached hydrogens (tertiary/aromatic N) is 1. The van der Waals surface area contributed by atoms with Gasteiger partial charge in [0, 0.05) is 32.3 Å². The summed E-state index contributed by atoms with van der Waals surface area (Å²) < 4.78 is 10.9. The SMILES string of the molecule is CCN(CC)CCOc1ccccc1CNCCOC. The van der Waals surface area contributed by atoms with Crippen LogP contribution in [0.1, 0.15) is 19.4 Å². The minimum absolute atomic E-state index is 0.727. The van der Waals surface area contributed by atoms with Crippen molar-refractivity contribution < 1.29 is 9.47 Å². The first kappa shape index (κ1) is 17.0. The van der Waals surface area contributed by atoms with Crippen LogP contribution in [0.4, 0.5) is 0 Å². The predicted octanol–water partition coefficient (Wildman–Crippen LogP) is 2.14. The molecule has 20 heavy (non-hydrogen) atoms. The second-order valence-corrected chi connectivity index (χ2v) is 4.65. The van der Waals surface area contributed by atoms with Crippen LogP contribution in [0.25, 0.3) is 0 Å². The summed E-state index contributed by atoms with van der Waals surface area (Å²) in [5, 5.41) is 3.35. The normalized spacial score (nSPS) is 11.0. The maximum absolute atomic E-state index is 5.92. The number of ether oxygens (including phenoxy) is 2. The molecule has 0 unspecified atom stereocenters. The number of nitrogens with one attached hydrogen (secondary N) is 1. The van der Waals surface area contributed by atoms with E-state index in [0.717, 1.165) is 51.7 Å². The quantitative estimate of drug-likeness (QED) is 0.630. The highest BCUT2D eigenvalue weighted by atomic mass is 16.5. The van der Waals surface area contributed by atoms with Gasteiger partial charge in [0.1, 0.15) is 12.4 Å². The van der Waals surface area contributed by atoms with Gasteiger partial charge in [0.15, 0.2) is 0 Å². The van der Waals surface area contributed by atoms with Crippen LogP contribution in [0, 0.1) is 0 Å². The van der Waals surface area contributed by atoms with Crippen molar-refractivity contribution >= 4 is 0 Å². The van der Waals surface area contributed by atoms with Crippen molar-refractivity contribution in [1.82, 2.24) is 10.2 Å². The molecule has 0 atom stereocenters. The van der Waals surface area contributed by atoms with Crippen molar-refractivity contribution in [2.75, 3.05) is 46.5 Å². The van der Waals surface area contributed by atoms with Gasteiger partial charge in [-0.15, -0.1) is 0 Å². The molecule has 0 aliphatic rings. The minimum Gasteiger partial charge on any atom is -0.492 e. The molecule has 1 aromatic carbocycles. The highest BCUT2D eigenvalue weighted by molar-refractivity contribution is 5.33. The molecule has 1 rings (SSSR count). The third kappa shape index (κ3) is 6.37. The molecular formula is C16H28N2O2. The molecule has 0 spiro atoms. The molecule has 0 saturated carbocycles. The fourth-order valence-corrected chi connectivity index (χ4v) is 2.01. The summed E-state index contributed by atoms with van der Waals surface area (Å²) in [5.74, 6) is 0.976. The predicted molar refractivity (Wildman–Crippen MR) is 83.3 cm³/mol. The Morgan fingerprint density at radius 1 is 1.10 bits per heavy atom. The minimum atomic E-state index is 0.727. The largest absolute Gasteiger partial charge is 0.492 e. The van der Waals surface area contributed by atoms with Crippen molar-refractivity contribution in [1.29, 1.82) is 0 Å². The van der Waals surface area contributed by atoms with Crippen molar-refractivity contribution in [2.24, 2.45) is 0 Å². The lowest BCUT2D eigenvalue weighted by Gasteiger charge is -2.19. The number of para-hydroxylation sites is 1. The molecule has 114 valence electrons. The van der Waals surface area contributed by atoms with Gasteiger partial charge in [-0.3, -0.25) is 0 Å². The maximum Gasteiger partial charge on any atom is 0.123 e. The van der Waals surface area contributed by atoms with Crippen LogP contribution in [-0.4, -0.2) is 51.4 Å². The van der Waals surface area contributed by atoms with Crippen molar-refractivity contribution in [3.63, 3.8) is 0 Å². The highest BCUT2D eigenvalue weighted by Gasteiger charge is 2.04. The zero-order chi connectivity index (χ0) is 14.6. The summed E-state index contributed by atoms with van der Waals surface area (Å²) >= 11 is 0. The van der Waals surface area contributed by atoms with Crippen LogP contribution < -0.4 is 10.1 Å². The summed E-state index contributed by atoms with van der Waals surface area (Å²) in [6.07, 6.45) is 0. The summed E-state index contributed by atoms with van der Waals surface area (Å²) in [4.78, 5) is 2.36. The Hall–Kier alpha value is -1.10. The van der Waals surface area contributed by atoms with Gasteiger partial charge in [-0.1, -0.05) is 32.0 Å². The molecule has 0 aliphatic carbocycles. The van der Waals surface area contributed by atoms with Crippen LogP contribution in [0.15, 0.2) is 24.3 Å². The molecule has 1 N–H and O–H groups in total. The fourth-order valence-electron chi connectivity index (χ4n) is 2.01. The second-order valence-electron chi connectivity index (χ2n) is 4.65. The lowest BCUT2D eigenvalue weighted by Crippen LogP contribution is -2.28. The Morgan fingerprint density at radius 2 is 1.85 bits per heavy atom. The Labute approximate surface area is 123 Å². The second kappa shape index (κ2) is 10.7. The molecule has 4 nitrogen and oxygen atoms in total. The summed E-state index contributed by atoms with van der Waals surface area (Å²) in [7, 11) is 1.71. The van der Waals surface area contributed by atoms with E-state index in [1.807, 2.05) is 18.2 Å². The van der Waals surface area contributed by atoms with E-state index in [4.69, 9.17) is 9.47 Å². The monoisotopic (exact) mass is 280 g/mol. The van der Waals surface area contributed by atoms with Crippen molar-refractivity contribution in [3.05, 3.63) is 29.8 Å². The highest BCUT2D eigenvalue weighted by Crippen LogP contribution is 2.17. The molecule has 0 saturated heterocycles. The zero-order valence-electron chi connectivity index (χ0n) is 13.0. The summed E-state index contributed by atoms with van der Waals surface area (Å²) in [6, 6.07) is 8.21. The average molecular weight is 280 g/mol. The van der Waals surface area contributed by atoms with E-state index in [2.05, 4.69) is 30.1 Å². The third-order valence-electron chi connectivity index (χ3n) is 3.33. The molecule has 0 radical (unpaired) electrons. The standard InChI is InChI=1S/C16H28N2O2/c1-4-18(5-2)11-13-20-16-9-7-6-8-15(16)14-17-10-12-19-3/h6-9,17H,4-5,10-14H2,1-3H3. The summed E-state index contributed by atoms with van der Waals surface area (Å²) in [6.45, 7) is 10.6. The van der Waals surface area contributed by atoms with E-state index in [-0.39, 0.29) is 0 Å². The Bertz CT molecular complexity index is 354. The molecule has 0 heterocycles. The first-order valence-electron chi connectivity index (χ1n) is 7.44. The topological polar surface area (TPSA) is 33.7 Å². The number of hydrogen-bond donors (Lipinski definition) is 1. The molecule has 0 fully saturated rings. The molecule has 0 aliphatic heterocycles. The zero-order valence-corrected chi connectivity index (χ0v) is 13.0. The van der Waals surface area contributed by atoms with Crippen molar-refractivity contribution in [2.45, 2.75) is 20.4 Å². The molecule has 0 aromatic heterocycles. The van der Waals surface area contributed by atoms with Crippen LogP contribution >= 0.6 is 0 Å². The lowest BCUT2D eigenvalue weighted by molar-refractivity contribution is 0.198. The Balaban J connectivity index is 2.40. The van der Waals surface area contributed by atoms with Crippen LogP contribution in [0.3, 0.4) is 0 Å². The van der Waals surface area contributed by atoms with Crippen LogP contribution in [0.5, 0.6) is 5.75 Å². The number of methoxy groups -OCH3 is 1. The van der Waals surface area contributed by atoms with Gasteiger partial charge in [-0.25, -0.2) is 0 Å². The van der Waals surface area contributed by atoms with Crippen LogP contribution in [-0.2, 0) is 11.3 Å². The smallest absolute Gasteiger partial charge is 0.123 e. The first-order valence-corrected chi connectivity index (χ1v) is 7.44.